The maximum Gasteiger partial charge on any atom is 0.283 e. The zero-order valence-electron chi connectivity index (χ0n) is 21.0. The van der Waals surface area contributed by atoms with Gasteiger partial charge in [-0.15, -0.1) is 0 Å². The highest BCUT2D eigenvalue weighted by Crippen LogP contribution is 2.38. The summed E-state index contributed by atoms with van der Waals surface area (Å²) < 4.78 is 32.1. The summed E-state index contributed by atoms with van der Waals surface area (Å²) in [6.45, 7) is 0. The summed E-state index contributed by atoms with van der Waals surface area (Å²) >= 11 is 1.05. The van der Waals surface area contributed by atoms with Crippen molar-refractivity contribution in [2.24, 2.45) is 0 Å². The summed E-state index contributed by atoms with van der Waals surface area (Å²) in [5.41, 5.74) is 1.57. The van der Waals surface area contributed by atoms with E-state index >= 15 is 0 Å². The van der Waals surface area contributed by atoms with Gasteiger partial charge >= 0.3 is 0 Å². The van der Waals surface area contributed by atoms with Crippen LogP contribution >= 0.6 is 11.8 Å². The maximum absolute atomic E-state index is 13.5. The summed E-state index contributed by atoms with van der Waals surface area (Å²) in [5, 5.41) is 5.74. The van der Waals surface area contributed by atoms with Crippen LogP contribution < -0.4 is 20.3 Å². The molecule has 0 fully saturated rings. The van der Waals surface area contributed by atoms with Crippen molar-refractivity contribution >= 4 is 46.5 Å². The minimum absolute atomic E-state index is 0.00124. The lowest BCUT2D eigenvalue weighted by Gasteiger charge is -2.15. The van der Waals surface area contributed by atoms with Crippen LogP contribution in [0.15, 0.2) is 113 Å². The average Bonchev–Trinajstić information content (AvgIpc) is 3.19. The average molecular weight is 558 g/mol. The highest BCUT2D eigenvalue weighted by Gasteiger charge is 2.40. The molecule has 7 nitrogen and oxygen atoms in total. The van der Waals surface area contributed by atoms with Gasteiger partial charge in [-0.1, -0.05) is 17.8 Å². The number of carbonyl (C=O) groups excluding carboxylic acids is 3. The minimum Gasteiger partial charge on any atom is -0.497 e. The number of nitrogens with one attached hydrogen (secondary N) is 2. The molecule has 2 N–H and O–H groups in total. The lowest BCUT2D eigenvalue weighted by atomic mass is 10.2. The molecule has 0 saturated carbocycles. The first-order valence-corrected chi connectivity index (χ1v) is 12.8. The van der Waals surface area contributed by atoms with Gasteiger partial charge in [0.1, 0.15) is 28.0 Å². The number of hydrogen-bond donors (Lipinski definition) is 2. The molecule has 0 saturated heterocycles. The normalized spacial score (nSPS) is 13.0. The van der Waals surface area contributed by atoms with Gasteiger partial charge in [0, 0.05) is 21.8 Å². The molecule has 0 spiro atoms. The Bertz CT molecular complexity index is 1620. The van der Waals surface area contributed by atoms with Crippen LogP contribution in [-0.2, 0) is 9.59 Å². The molecule has 40 heavy (non-hydrogen) atoms. The predicted octanol–water partition coefficient (Wildman–Crippen LogP) is 6.21. The van der Waals surface area contributed by atoms with Crippen molar-refractivity contribution < 1.29 is 27.9 Å². The van der Waals surface area contributed by atoms with Gasteiger partial charge in [-0.3, -0.25) is 14.4 Å². The highest BCUT2D eigenvalue weighted by atomic mass is 32.2. The van der Waals surface area contributed by atoms with E-state index in [1.165, 1.54) is 43.5 Å². The molecule has 200 valence electrons. The number of rotatable bonds is 8. The third kappa shape index (κ3) is 5.71. The van der Waals surface area contributed by atoms with Gasteiger partial charge in [0.25, 0.3) is 17.7 Å². The standard InChI is InChI=1S/C30H21F2N3O4S/c1-39-24-4-2-3-18(17-24)28(36)34-22-11-15-25(16-12-22)40-27-26(33-21-9-5-19(31)6-10-21)29(37)35(30(27)38)23-13-7-20(32)8-14-23/h2-17,33H,1H3,(H,34,36). The van der Waals surface area contributed by atoms with E-state index in [4.69, 9.17) is 4.74 Å². The second kappa shape index (κ2) is 11.4. The van der Waals surface area contributed by atoms with Crippen LogP contribution in [0.2, 0.25) is 0 Å². The Morgan fingerprint density at radius 1 is 0.800 bits per heavy atom. The van der Waals surface area contributed by atoms with Crippen molar-refractivity contribution in [1.82, 2.24) is 0 Å². The summed E-state index contributed by atoms with van der Waals surface area (Å²) in [6, 6.07) is 23.8. The fourth-order valence-corrected chi connectivity index (χ4v) is 4.84. The monoisotopic (exact) mass is 557 g/mol. The molecule has 0 radical (unpaired) electrons. The summed E-state index contributed by atoms with van der Waals surface area (Å²) in [7, 11) is 1.52. The maximum atomic E-state index is 13.5. The van der Waals surface area contributed by atoms with Gasteiger partial charge in [-0.05, 0) is 91.0 Å². The largest absolute Gasteiger partial charge is 0.497 e. The van der Waals surface area contributed by atoms with E-state index in [0.717, 1.165) is 28.8 Å². The zero-order chi connectivity index (χ0) is 28.2. The lowest BCUT2D eigenvalue weighted by Crippen LogP contribution is -2.32. The molecule has 0 unspecified atom stereocenters. The SMILES string of the molecule is COc1cccc(C(=O)Nc2ccc(SC3=C(Nc4ccc(F)cc4)C(=O)N(c4ccc(F)cc4)C3=O)cc2)c1. The van der Waals surface area contributed by atoms with Crippen molar-refractivity contribution in [3.63, 3.8) is 0 Å². The molecule has 1 aliphatic heterocycles. The summed E-state index contributed by atoms with van der Waals surface area (Å²) in [5.74, 6) is -1.95. The van der Waals surface area contributed by atoms with Crippen molar-refractivity contribution in [1.29, 1.82) is 0 Å². The van der Waals surface area contributed by atoms with Crippen molar-refractivity contribution in [3.05, 3.63) is 125 Å². The first kappa shape index (κ1) is 26.6. The third-order valence-electron chi connectivity index (χ3n) is 5.90. The number of benzene rings is 4. The van der Waals surface area contributed by atoms with Gasteiger partial charge < -0.3 is 15.4 Å². The number of thioether (sulfide) groups is 1. The van der Waals surface area contributed by atoms with Crippen LogP contribution in [0, 0.1) is 11.6 Å². The summed E-state index contributed by atoms with van der Waals surface area (Å²) in [6.07, 6.45) is 0. The second-order valence-corrected chi connectivity index (χ2v) is 9.65. The molecule has 0 atom stereocenters. The predicted molar refractivity (Wildman–Crippen MR) is 149 cm³/mol. The molecule has 1 aliphatic rings. The first-order valence-electron chi connectivity index (χ1n) is 12.0. The Morgan fingerprint density at radius 2 is 1.43 bits per heavy atom. The Hall–Kier alpha value is -4.96. The Labute approximate surface area is 232 Å². The summed E-state index contributed by atoms with van der Waals surface area (Å²) in [4.78, 5) is 41.1. The number of methoxy groups -OCH3 is 1. The van der Waals surface area contributed by atoms with Crippen LogP contribution in [0.25, 0.3) is 0 Å². The molecule has 0 aromatic heterocycles. The highest BCUT2D eigenvalue weighted by molar-refractivity contribution is 8.04. The Morgan fingerprint density at radius 3 is 2.08 bits per heavy atom. The fourth-order valence-electron chi connectivity index (χ4n) is 3.91. The number of anilines is 3. The van der Waals surface area contributed by atoms with Gasteiger partial charge in [0.2, 0.25) is 0 Å². The molecule has 0 aliphatic carbocycles. The molecular weight excluding hydrogens is 536 g/mol. The van der Waals surface area contributed by atoms with Gasteiger partial charge in [-0.25, -0.2) is 13.7 Å². The Balaban J connectivity index is 1.39. The number of halogens is 2. The van der Waals surface area contributed by atoms with Crippen LogP contribution in [0.1, 0.15) is 10.4 Å². The molecule has 4 aromatic carbocycles. The molecule has 5 rings (SSSR count). The quantitative estimate of drug-likeness (QED) is 0.250. The number of imide groups is 1. The topological polar surface area (TPSA) is 87.7 Å². The number of hydrogen-bond acceptors (Lipinski definition) is 6. The van der Waals surface area contributed by atoms with Crippen LogP contribution in [0.3, 0.4) is 0 Å². The third-order valence-corrected chi connectivity index (χ3v) is 6.99. The first-order chi connectivity index (χ1) is 19.3. The second-order valence-electron chi connectivity index (χ2n) is 8.57. The van der Waals surface area contributed by atoms with Gasteiger partial charge in [0.15, 0.2) is 0 Å². The van der Waals surface area contributed by atoms with Crippen molar-refractivity contribution in [2.75, 3.05) is 22.6 Å². The van der Waals surface area contributed by atoms with Gasteiger partial charge in [-0.2, -0.15) is 0 Å². The van der Waals surface area contributed by atoms with Crippen LogP contribution in [0.5, 0.6) is 5.75 Å². The van der Waals surface area contributed by atoms with Gasteiger partial charge in [0.05, 0.1) is 12.8 Å². The smallest absolute Gasteiger partial charge is 0.283 e. The van der Waals surface area contributed by atoms with E-state index in [1.54, 1.807) is 48.5 Å². The van der Waals surface area contributed by atoms with Crippen LogP contribution in [0.4, 0.5) is 25.8 Å². The van der Waals surface area contributed by atoms with Crippen molar-refractivity contribution in [2.45, 2.75) is 4.90 Å². The number of nitrogens with zero attached hydrogens (tertiary/aromatic N) is 1. The minimum atomic E-state index is -0.634. The molecule has 3 amide bonds. The number of carbonyl (C=O) groups is 3. The molecule has 0 bridgehead atoms. The lowest BCUT2D eigenvalue weighted by molar-refractivity contribution is -0.120. The van der Waals surface area contributed by atoms with E-state index in [2.05, 4.69) is 10.6 Å². The Kier molecular flexibility index (Phi) is 7.61. The van der Waals surface area contributed by atoms with E-state index in [1.807, 2.05) is 0 Å². The molecule has 10 heteroatoms. The number of amides is 3. The van der Waals surface area contributed by atoms with Crippen LogP contribution in [-0.4, -0.2) is 24.8 Å². The van der Waals surface area contributed by atoms with E-state index in [9.17, 15) is 23.2 Å². The molecular formula is C30H21F2N3O4S. The fraction of sp³-hybridized carbons (Fsp3) is 0.0333. The zero-order valence-corrected chi connectivity index (χ0v) is 21.8. The molecule has 4 aromatic rings. The van der Waals surface area contributed by atoms with E-state index in [0.29, 0.717) is 27.6 Å². The van der Waals surface area contributed by atoms with Crippen molar-refractivity contribution in [3.8, 4) is 5.75 Å². The molecule has 1 heterocycles. The number of ether oxygens (including phenoxy) is 1. The van der Waals surface area contributed by atoms with E-state index < -0.39 is 23.4 Å². The van der Waals surface area contributed by atoms with E-state index in [-0.39, 0.29) is 22.2 Å².